The van der Waals surface area contributed by atoms with Crippen LogP contribution in [0.1, 0.15) is 59.3 Å². The number of sulfonamides is 1. The molecule has 3 N–H and O–H groups in total. The van der Waals surface area contributed by atoms with Crippen molar-refractivity contribution in [2.45, 2.75) is 64.8 Å². The van der Waals surface area contributed by atoms with E-state index in [4.69, 9.17) is 5.73 Å². The largest absolute Gasteiger partial charge is 0.329 e. The van der Waals surface area contributed by atoms with Crippen molar-refractivity contribution in [3.8, 4) is 0 Å². The van der Waals surface area contributed by atoms with E-state index in [0.717, 1.165) is 19.3 Å². The molecule has 5 heteroatoms. The van der Waals surface area contributed by atoms with Crippen LogP contribution in [0.15, 0.2) is 0 Å². The number of hydrogen-bond donors (Lipinski definition) is 2. The molecule has 0 spiro atoms. The van der Waals surface area contributed by atoms with Gasteiger partial charge in [0.05, 0.1) is 5.75 Å². The molecule has 0 aliphatic heterocycles. The van der Waals surface area contributed by atoms with E-state index in [1.165, 1.54) is 19.3 Å². The Hall–Kier alpha value is -0.130. The normalized spacial score (nSPS) is 21.5. The monoisotopic (exact) mass is 290 g/mol. The second-order valence-electron chi connectivity index (χ2n) is 6.75. The van der Waals surface area contributed by atoms with E-state index >= 15 is 0 Å². The predicted octanol–water partition coefficient (Wildman–Crippen LogP) is 2.25. The van der Waals surface area contributed by atoms with Gasteiger partial charge in [0.1, 0.15) is 0 Å². The SMILES string of the molecule is CC(C)CC(C)(CN)NS(=O)(=O)CC1CCCCC1. The Labute approximate surface area is 118 Å². The second-order valence-corrected chi connectivity index (χ2v) is 8.52. The molecule has 114 valence electrons. The van der Waals surface area contributed by atoms with Gasteiger partial charge >= 0.3 is 0 Å². The Kier molecular flexibility index (Phi) is 6.27. The zero-order chi connectivity index (χ0) is 14.5. The summed E-state index contributed by atoms with van der Waals surface area (Å²) < 4.78 is 27.4. The number of hydrogen-bond acceptors (Lipinski definition) is 3. The lowest BCUT2D eigenvalue weighted by Crippen LogP contribution is -2.53. The number of nitrogens with one attached hydrogen (secondary N) is 1. The van der Waals surface area contributed by atoms with Gasteiger partial charge in [-0.05, 0) is 38.0 Å². The Balaban J connectivity index is 2.60. The topological polar surface area (TPSA) is 72.2 Å². The molecule has 1 atom stereocenters. The molecule has 0 aromatic carbocycles. The molecule has 0 radical (unpaired) electrons. The fourth-order valence-electron chi connectivity index (χ4n) is 3.15. The number of rotatable bonds is 7. The lowest BCUT2D eigenvalue weighted by atomic mass is 9.91. The summed E-state index contributed by atoms with van der Waals surface area (Å²) in [7, 11) is -3.23. The van der Waals surface area contributed by atoms with Crippen LogP contribution < -0.4 is 10.5 Å². The van der Waals surface area contributed by atoms with Crippen LogP contribution >= 0.6 is 0 Å². The maximum absolute atomic E-state index is 12.3. The summed E-state index contributed by atoms with van der Waals surface area (Å²) in [5.74, 6) is 1.01. The van der Waals surface area contributed by atoms with Gasteiger partial charge < -0.3 is 5.73 Å². The van der Waals surface area contributed by atoms with E-state index in [1.54, 1.807) is 0 Å². The minimum atomic E-state index is -3.23. The summed E-state index contributed by atoms with van der Waals surface area (Å²) in [4.78, 5) is 0. The first-order chi connectivity index (χ1) is 8.76. The van der Waals surface area contributed by atoms with Crippen LogP contribution in [0.5, 0.6) is 0 Å². The summed E-state index contributed by atoms with van der Waals surface area (Å²) in [5.41, 5.74) is 5.26. The van der Waals surface area contributed by atoms with Crippen molar-refractivity contribution >= 4 is 10.0 Å². The summed E-state index contributed by atoms with van der Waals surface area (Å²) in [6.45, 7) is 6.42. The van der Waals surface area contributed by atoms with Gasteiger partial charge in [-0.25, -0.2) is 13.1 Å². The molecule has 4 nitrogen and oxygen atoms in total. The average Bonchev–Trinajstić information content (AvgIpc) is 2.27. The zero-order valence-corrected chi connectivity index (χ0v) is 13.4. The Morgan fingerprint density at radius 2 is 1.84 bits per heavy atom. The van der Waals surface area contributed by atoms with Gasteiger partial charge in [0.15, 0.2) is 0 Å². The molecule has 1 aliphatic carbocycles. The fraction of sp³-hybridized carbons (Fsp3) is 1.00. The minimum absolute atomic E-state index is 0.265. The van der Waals surface area contributed by atoms with Crippen LogP contribution in [-0.2, 0) is 10.0 Å². The molecule has 0 aromatic rings. The second kappa shape index (κ2) is 7.04. The van der Waals surface area contributed by atoms with Crippen LogP contribution in [0.25, 0.3) is 0 Å². The summed E-state index contributed by atoms with van der Waals surface area (Å²) in [5, 5.41) is 0. The molecule has 0 amide bonds. The maximum atomic E-state index is 12.3. The average molecular weight is 290 g/mol. The van der Waals surface area contributed by atoms with Crippen LogP contribution in [0.3, 0.4) is 0 Å². The Morgan fingerprint density at radius 1 is 1.26 bits per heavy atom. The quantitative estimate of drug-likeness (QED) is 0.755. The molecule has 0 bridgehead atoms. The molecule has 1 aliphatic rings. The van der Waals surface area contributed by atoms with E-state index in [9.17, 15) is 8.42 Å². The van der Waals surface area contributed by atoms with E-state index in [-0.39, 0.29) is 5.75 Å². The third kappa shape index (κ3) is 6.23. The summed E-state index contributed by atoms with van der Waals surface area (Å²) in [6.07, 6.45) is 6.45. The fourth-order valence-corrected chi connectivity index (χ4v) is 5.10. The third-order valence-corrected chi connectivity index (χ3v) is 5.61. The third-order valence-electron chi connectivity index (χ3n) is 3.89. The molecular formula is C14H30N2O2S. The van der Waals surface area contributed by atoms with E-state index < -0.39 is 15.6 Å². The van der Waals surface area contributed by atoms with Crippen molar-refractivity contribution < 1.29 is 8.42 Å². The minimum Gasteiger partial charge on any atom is -0.329 e. The lowest BCUT2D eigenvalue weighted by molar-refractivity contribution is 0.339. The predicted molar refractivity (Wildman–Crippen MR) is 80.4 cm³/mol. The highest BCUT2D eigenvalue weighted by Gasteiger charge is 2.31. The van der Waals surface area contributed by atoms with E-state index in [0.29, 0.717) is 18.4 Å². The van der Waals surface area contributed by atoms with Crippen LogP contribution in [0.4, 0.5) is 0 Å². The lowest BCUT2D eigenvalue weighted by Gasteiger charge is -2.32. The molecule has 19 heavy (non-hydrogen) atoms. The number of nitrogens with two attached hydrogens (primary N) is 1. The molecule has 1 rings (SSSR count). The van der Waals surface area contributed by atoms with Crippen molar-refractivity contribution in [1.82, 2.24) is 4.72 Å². The van der Waals surface area contributed by atoms with Gasteiger partial charge in [0, 0.05) is 12.1 Å². The first-order valence-corrected chi connectivity index (χ1v) is 9.13. The Bertz CT molecular complexity index is 362. The van der Waals surface area contributed by atoms with E-state index in [1.807, 2.05) is 6.92 Å². The van der Waals surface area contributed by atoms with Crippen molar-refractivity contribution in [3.05, 3.63) is 0 Å². The molecule has 0 saturated heterocycles. The zero-order valence-electron chi connectivity index (χ0n) is 12.6. The first kappa shape index (κ1) is 16.9. The highest BCUT2D eigenvalue weighted by molar-refractivity contribution is 7.89. The highest BCUT2D eigenvalue weighted by atomic mass is 32.2. The maximum Gasteiger partial charge on any atom is 0.212 e. The highest BCUT2D eigenvalue weighted by Crippen LogP contribution is 2.25. The smallest absolute Gasteiger partial charge is 0.212 e. The molecule has 1 unspecified atom stereocenters. The molecule has 0 heterocycles. The summed E-state index contributed by atoms with van der Waals surface area (Å²) in [6, 6.07) is 0. The van der Waals surface area contributed by atoms with Crippen LogP contribution in [0, 0.1) is 11.8 Å². The van der Waals surface area contributed by atoms with E-state index in [2.05, 4.69) is 18.6 Å². The van der Waals surface area contributed by atoms with Crippen molar-refractivity contribution in [2.24, 2.45) is 17.6 Å². The van der Waals surface area contributed by atoms with Gasteiger partial charge in [0.25, 0.3) is 0 Å². The van der Waals surface area contributed by atoms with Gasteiger partial charge in [-0.1, -0.05) is 33.1 Å². The first-order valence-electron chi connectivity index (χ1n) is 7.48. The van der Waals surface area contributed by atoms with Crippen LogP contribution in [-0.4, -0.2) is 26.3 Å². The molecule has 1 fully saturated rings. The summed E-state index contributed by atoms with van der Waals surface area (Å²) >= 11 is 0. The van der Waals surface area contributed by atoms with Gasteiger partial charge in [0.2, 0.25) is 10.0 Å². The standard InChI is InChI=1S/C14H30N2O2S/c1-12(2)9-14(3,11-15)16-19(17,18)10-13-7-5-4-6-8-13/h12-13,16H,4-11,15H2,1-3H3. The van der Waals surface area contributed by atoms with Crippen LogP contribution in [0.2, 0.25) is 0 Å². The Morgan fingerprint density at radius 3 is 2.32 bits per heavy atom. The van der Waals surface area contributed by atoms with Gasteiger partial charge in [-0.15, -0.1) is 0 Å². The van der Waals surface area contributed by atoms with Crippen molar-refractivity contribution in [3.63, 3.8) is 0 Å². The van der Waals surface area contributed by atoms with Gasteiger partial charge in [-0.2, -0.15) is 0 Å². The molecule has 0 aromatic heterocycles. The molecule has 1 saturated carbocycles. The van der Waals surface area contributed by atoms with Gasteiger partial charge in [-0.3, -0.25) is 0 Å². The van der Waals surface area contributed by atoms with Crippen molar-refractivity contribution in [1.29, 1.82) is 0 Å². The molecular weight excluding hydrogens is 260 g/mol. The van der Waals surface area contributed by atoms with Crippen molar-refractivity contribution in [2.75, 3.05) is 12.3 Å².